The number of amides is 1. The minimum Gasteiger partial charge on any atom is -0.476 e. The Morgan fingerprint density at radius 1 is 1.29 bits per heavy atom. The first-order chi connectivity index (χ1) is 9.88. The van der Waals surface area contributed by atoms with E-state index in [0.717, 1.165) is 22.9 Å². The van der Waals surface area contributed by atoms with Gasteiger partial charge in [0.15, 0.2) is 5.69 Å². The van der Waals surface area contributed by atoms with Gasteiger partial charge in [0.1, 0.15) is 5.82 Å². The van der Waals surface area contributed by atoms with Gasteiger partial charge in [0.2, 0.25) is 5.91 Å². The minimum absolute atomic E-state index is 0.00385. The fourth-order valence-corrected chi connectivity index (χ4v) is 1.67. The SMILES string of the molecule is NC(=O)c1ccc(Cn2nc(C(=O)O)ccc2=O)c(F)c1. The molecule has 0 bridgehead atoms. The summed E-state index contributed by atoms with van der Waals surface area (Å²) in [5.74, 6) is -2.81. The van der Waals surface area contributed by atoms with E-state index in [2.05, 4.69) is 5.10 Å². The van der Waals surface area contributed by atoms with E-state index in [1.807, 2.05) is 0 Å². The smallest absolute Gasteiger partial charge is 0.356 e. The molecule has 0 saturated carbocycles. The molecule has 1 amide bonds. The van der Waals surface area contributed by atoms with Gasteiger partial charge in [-0.2, -0.15) is 5.10 Å². The molecule has 0 fully saturated rings. The predicted molar refractivity (Wildman–Crippen MR) is 69.5 cm³/mol. The van der Waals surface area contributed by atoms with Crippen LogP contribution >= 0.6 is 0 Å². The van der Waals surface area contributed by atoms with Gasteiger partial charge in [0.05, 0.1) is 6.54 Å². The Kier molecular flexibility index (Phi) is 3.79. The molecule has 2 aromatic rings. The molecule has 1 aromatic carbocycles. The minimum atomic E-state index is -1.30. The van der Waals surface area contributed by atoms with Crippen molar-refractivity contribution in [2.24, 2.45) is 5.73 Å². The number of carbonyl (C=O) groups excluding carboxylic acids is 1. The fourth-order valence-electron chi connectivity index (χ4n) is 1.67. The van der Waals surface area contributed by atoms with Crippen LogP contribution in [-0.4, -0.2) is 26.8 Å². The van der Waals surface area contributed by atoms with Crippen molar-refractivity contribution in [3.8, 4) is 0 Å². The summed E-state index contributed by atoms with van der Waals surface area (Å²) in [6.07, 6.45) is 0. The van der Waals surface area contributed by atoms with Gasteiger partial charge in [-0.1, -0.05) is 6.07 Å². The van der Waals surface area contributed by atoms with E-state index in [0.29, 0.717) is 0 Å². The Balaban J connectivity index is 2.38. The zero-order valence-corrected chi connectivity index (χ0v) is 10.6. The quantitative estimate of drug-likeness (QED) is 0.836. The van der Waals surface area contributed by atoms with Crippen molar-refractivity contribution in [2.45, 2.75) is 6.54 Å². The number of carbonyl (C=O) groups is 2. The normalized spacial score (nSPS) is 10.3. The number of primary amides is 1. The van der Waals surface area contributed by atoms with Gasteiger partial charge in [-0.25, -0.2) is 13.9 Å². The maximum Gasteiger partial charge on any atom is 0.356 e. The topological polar surface area (TPSA) is 115 Å². The first kappa shape index (κ1) is 14.4. The highest BCUT2D eigenvalue weighted by atomic mass is 19.1. The second-order valence-corrected chi connectivity index (χ2v) is 4.19. The van der Waals surface area contributed by atoms with Crippen LogP contribution < -0.4 is 11.3 Å². The predicted octanol–water partition coefficient (Wildman–Crippen LogP) is 0.228. The Morgan fingerprint density at radius 3 is 2.57 bits per heavy atom. The summed E-state index contributed by atoms with van der Waals surface area (Å²) in [5.41, 5.74) is 4.20. The number of nitrogens with zero attached hydrogens (tertiary/aromatic N) is 2. The molecule has 3 N–H and O–H groups in total. The highest BCUT2D eigenvalue weighted by Gasteiger charge is 2.11. The third-order valence-corrected chi connectivity index (χ3v) is 2.74. The summed E-state index contributed by atoms with van der Waals surface area (Å²) in [5, 5.41) is 12.4. The van der Waals surface area contributed by atoms with Gasteiger partial charge in [-0.15, -0.1) is 0 Å². The Labute approximate surface area is 117 Å². The maximum atomic E-state index is 13.8. The molecule has 8 heteroatoms. The van der Waals surface area contributed by atoms with Crippen LogP contribution in [-0.2, 0) is 6.54 Å². The summed E-state index contributed by atoms with van der Waals surface area (Å²) in [6, 6.07) is 5.65. The number of carboxylic acid groups (broad SMARTS) is 1. The lowest BCUT2D eigenvalue weighted by Crippen LogP contribution is -2.25. The van der Waals surface area contributed by atoms with E-state index >= 15 is 0 Å². The molecule has 0 spiro atoms. The van der Waals surface area contributed by atoms with Gasteiger partial charge < -0.3 is 10.8 Å². The van der Waals surface area contributed by atoms with Crippen LogP contribution in [0.1, 0.15) is 26.4 Å². The number of hydrogen-bond donors (Lipinski definition) is 2. The summed E-state index contributed by atoms with van der Waals surface area (Å²) in [7, 11) is 0. The summed E-state index contributed by atoms with van der Waals surface area (Å²) < 4.78 is 14.6. The van der Waals surface area contributed by atoms with Crippen molar-refractivity contribution in [3.05, 3.63) is 63.3 Å². The molecule has 0 saturated heterocycles. The van der Waals surface area contributed by atoms with Crippen LogP contribution in [0.3, 0.4) is 0 Å². The number of aromatic nitrogens is 2. The number of benzene rings is 1. The largest absolute Gasteiger partial charge is 0.476 e. The van der Waals surface area contributed by atoms with Crippen molar-refractivity contribution in [3.63, 3.8) is 0 Å². The standard InChI is InChI=1S/C13H10FN3O4/c14-9-5-7(12(15)19)1-2-8(9)6-17-11(18)4-3-10(16-17)13(20)21/h1-5H,6H2,(H2,15,19)(H,20,21). The van der Waals surface area contributed by atoms with E-state index < -0.39 is 23.3 Å². The van der Waals surface area contributed by atoms with Crippen LogP contribution in [0.25, 0.3) is 0 Å². The number of aromatic carboxylic acids is 1. The summed E-state index contributed by atoms with van der Waals surface area (Å²) >= 11 is 0. The van der Waals surface area contributed by atoms with Crippen molar-refractivity contribution in [1.82, 2.24) is 9.78 Å². The first-order valence-corrected chi connectivity index (χ1v) is 5.78. The zero-order valence-electron chi connectivity index (χ0n) is 10.6. The Hall–Kier alpha value is -3.03. The number of nitrogens with two attached hydrogens (primary N) is 1. The van der Waals surface area contributed by atoms with Gasteiger partial charge in [-0.3, -0.25) is 9.59 Å². The molecular weight excluding hydrogens is 281 g/mol. The highest BCUT2D eigenvalue weighted by molar-refractivity contribution is 5.92. The maximum absolute atomic E-state index is 13.8. The lowest BCUT2D eigenvalue weighted by atomic mass is 10.1. The molecule has 0 aliphatic rings. The second-order valence-electron chi connectivity index (χ2n) is 4.19. The van der Waals surface area contributed by atoms with Crippen LogP contribution in [0.5, 0.6) is 0 Å². The van der Waals surface area contributed by atoms with E-state index in [9.17, 15) is 18.8 Å². The number of rotatable bonds is 4. The Morgan fingerprint density at radius 2 is 2.00 bits per heavy atom. The first-order valence-electron chi connectivity index (χ1n) is 5.78. The molecule has 108 valence electrons. The third-order valence-electron chi connectivity index (χ3n) is 2.74. The summed E-state index contributed by atoms with van der Waals surface area (Å²) in [4.78, 5) is 33.3. The number of halogens is 1. The molecule has 0 unspecified atom stereocenters. The third kappa shape index (κ3) is 3.11. The lowest BCUT2D eigenvalue weighted by Gasteiger charge is -2.07. The molecule has 2 rings (SSSR count). The van der Waals surface area contributed by atoms with Crippen molar-refractivity contribution in [2.75, 3.05) is 0 Å². The zero-order chi connectivity index (χ0) is 15.6. The van der Waals surface area contributed by atoms with E-state index in [1.165, 1.54) is 12.1 Å². The molecule has 0 aliphatic heterocycles. The van der Waals surface area contributed by atoms with Crippen LogP contribution in [0, 0.1) is 5.82 Å². The van der Waals surface area contributed by atoms with Crippen LogP contribution in [0.2, 0.25) is 0 Å². The molecule has 0 radical (unpaired) electrons. The average molecular weight is 291 g/mol. The molecule has 7 nitrogen and oxygen atoms in total. The lowest BCUT2D eigenvalue weighted by molar-refractivity contribution is 0.0687. The molecular formula is C13H10FN3O4. The Bertz CT molecular complexity index is 785. The van der Waals surface area contributed by atoms with Gasteiger partial charge in [0, 0.05) is 17.2 Å². The number of hydrogen-bond acceptors (Lipinski definition) is 4. The van der Waals surface area contributed by atoms with E-state index in [4.69, 9.17) is 10.8 Å². The molecule has 21 heavy (non-hydrogen) atoms. The van der Waals surface area contributed by atoms with Crippen LogP contribution in [0.4, 0.5) is 4.39 Å². The van der Waals surface area contributed by atoms with E-state index in [-0.39, 0.29) is 23.4 Å². The molecule has 1 heterocycles. The number of carboxylic acids is 1. The molecule has 0 aliphatic carbocycles. The molecule has 1 aromatic heterocycles. The van der Waals surface area contributed by atoms with Crippen molar-refractivity contribution < 1.29 is 19.1 Å². The van der Waals surface area contributed by atoms with Gasteiger partial charge >= 0.3 is 5.97 Å². The summed E-state index contributed by atoms with van der Waals surface area (Å²) in [6.45, 7) is -0.259. The van der Waals surface area contributed by atoms with Crippen molar-refractivity contribution in [1.29, 1.82) is 0 Å². The van der Waals surface area contributed by atoms with Crippen LogP contribution in [0.15, 0.2) is 35.1 Å². The monoisotopic (exact) mass is 291 g/mol. The highest BCUT2D eigenvalue weighted by Crippen LogP contribution is 2.11. The van der Waals surface area contributed by atoms with Gasteiger partial charge in [-0.05, 0) is 18.2 Å². The fraction of sp³-hybridized carbons (Fsp3) is 0.0769. The molecule has 0 atom stereocenters. The average Bonchev–Trinajstić information content (AvgIpc) is 2.42. The van der Waals surface area contributed by atoms with E-state index in [1.54, 1.807) is 0 Å². The van der Waals surface area contributed by atoms with Crippen molar-refractivity contribution >= 4 is 11.9 Å². The second kappa shape index (κ2) is 5.53. The van der Waals surface area contributed by atoms with Gasteiger partial charge in [0.25, 0.3) is 5.56 Å².